The number of rotatable bonds is 16. The summed E-state index contributed by atoms with van der Waals surface area (Å²) in [5.74, 6) is -0.355. The van der Waals surface area contributed by atoms with E-state index in [1.165, 1.54) is 25.7 Å². The van der Waals surface area contributed by atoms with Crippen molar-refractivity contribution in [1.29, 1.82) is 0 Å². The number of carbonyl (C=O) groups excluding carboxylic acids is 2. The average Bonchev–Trinajstić information content (AvgIpc) is 2.61. The summed E-state index contributed by atoms with van der Waals surface area (Å²) in [6.07, 6.45) is 7.15. The third kappa shape index (κ3) is 16.6. The Bertz CT molecular complexity index is 388. The standard InChI is InChI=1S/C21H40N2O4/c1-6-8-9-10-11-12-13-19(14-15-20(24)26-18(3)4)27-21(25)22-16-17-23(5)7-2/h18-19H,3-4,6-17H2,1-2,5H3,(H,22,25). The van der Waals surface area contributed by atoms with Crippen LogP contribution in [-0.2, 0) is 14.3 Å². The third-order valence-electron chi connectivity index (χ3n) is 4.42. The van der Waals surface area contributed by atoms with E-state index in [1.54, 1.807) is 0 Å². The maximum absolute atomic E-state index is 12.0. The Hall–Kier alpha value is -1.30. The lowest BCUT2D eigenvalue weighted by Crippen LogP contribution is -2.35. The molecule has 0 aromatic rings. The minimum Gasteiger partial charge on any atom is -0.462 e. The highest BCUT2D eigenvalue weighted by atomic mass is 16.6. The first-order valence-corrected chi connectivity index (χ1v) is 10.4. The predicted molar refractivity (Wildman–Crippen MR) is 109 cm³/mol. The number of nitrogens with zero attached hydrogens (tertiary/aromatic N) is 1. The zero-order chi connectivity index (χ0) is 20.5. The first kappa shape index (κ1) is 25.7. The molecule has 0 aromatic heterocycles. The number of amides is 1. The van der Waals surface area contributed by atoms with Crippen LogP contribution < -0.4 is 5.32 Å². The topological polar surface area (TPSA) is 67.9 Å². The van der Waals surface area contributed by atoms with Crippen molar-refractivity contribution in [3.63, 3.8) is 0 Å². The minimum atomic E-state index is -0.616. The quantitative estimate of drug-likeness (QED) is 0.320. The molecule has 6 nitrogen and oxygen atoms in total. The molecule has 0 bridgehead atoms. The fourth-order valence-corrected chi connectivity index (χ4v) is 2.64. The normalized spacial score (nSPS) is 12.3. The largest absolute Gasteiger partial charge is 0.462 e. The van der Waals surface area contributed by atoms with Gasteiger partial charge in [0.05, 0.1) is 0 Å². The van der Waals surface area contributed by atoms with E-state index < -0.39 is 12.2 Å². The SMILES string of the molecule is [CH2]C([CH2])OC(=O)CCC(CCCCCCCC)OC(=O)NCCN(C)CC. The maximum atomic E-state index is 12.0. The number of hydrogen-bond acceptors (Lipinski definition) is 5. The van der Waals surface area contributed by atoms with Crippen LogP contribution in [0.4, 0.5) is 4.79 Å². The van der Waals surface area contributed by atoms with Crippen LogP contribution in [-0.4, -0.2) is 55.9 Å². The first-order chi connectivity index (χ1) is 12.9. The molecule has 0 saturated carbocycles. The molecule has 0 aliphatic carbocycles. The molecule has 1 atom stereocenters. The fraction of sp³-hybridized carbons (Fsp3) is 0.810. The Morgan fingerprint density at radius 2 is 1.67 bits per heavy atom. The summed E-state index contributed by atoms with van der Waals surface area (Å²) in [4.78, 5) is 25.8. The summed E-state index contributed by atoms with van der Waals surface area (Å²) in [5, 5.41) is 2.78. The summed E-state index contributed by atoms with van der Waals surface area (Å²) < 4.78 is 10.5. The Kier molecular flexibility index (Phi) is 16.0. The van der Waals surface area contributed by atoms with Gasteiger partial charge in [-0.2, -0.15) is 0 Å². The maximum Gasteiger partial charge on any atom is 0.407 e. The Labute approximate surface area is 166 Å². The van der Waals surface area contributed by atoms with Crippen LogP contribution in [0.1, 0.15) is 71.6 Å². The Morgan fingerprint density at radius 1 is 1.00 bits per heavy atom. The van der Waals surface area contributed by atoms with Crippen LogP contribution in [0.25, 0.3) is 0 Å². The van der Waals surface area contributed by atoms with E-state index >= 15 is 0 Å². The van der Waals surface area contributed by atoms with Crippen LogP contribution in [0.2, 0.25) is 0 Å². The number of esters is 1. The van der Waals surface area contributed by atoms with Crippen molar-refractivity contribution in [1.82, 2.24) is 10.2 Å². The molecule has 158 valence electrons. The van der Waals surface area contributed by atoms with E-state index in [0.29, 0.717) is 13.0 Å². The third-order valence-corrected chi connectivity index (χ3v) is 4.42. The molecule has 1 N–H and O–H groups in total. The van der Waals surface area contributed by atoms with Gasteiger partial charge in [0.15, 0.2) is 0 Å². The van der Waals surface area contributed by atoms with Crippen molar-refractivity contribution in [2.45, 2.75) is 83.8 Å². The average molecular weight is 385 g/mol. The molecule has 0 saturated heterocycles. The van der Waals surface area contributed by atoms with Crippen LogP contribution >= 0.6 is 0 Å². The zero-order valence-corrected chi connectivity index (χ0v) is 17.6. The molecule has 1 unspecified atom stereocenters. The Balaban J connectivity index is 4.27. The van der Waals surface area contributed by atoms with Crippen molar-refractivity contribution in [3.8, 4) is 0 Å². The molecule has 0 aliphatic heterocycles. The number of ether oxygens (including phenoxy) is 2. The molecule has 0 aliphatic rings. The minimum absolute atomic E-state index is 0.202. The van der Waals surface area contributed by atoms with E-state index in [2.05, 4.69) is 37.9 Å². The van der Waals surface area contributed by atoms with Gasteiger partial charge in [0.25, 0.3) is 0 Å². The fourth-order valence-electron chi connectivity index (χ4n) is 2.64. The van der Waals surface area contributed by atoms with Gasteiger partial charge in [0.1, 0.15) is 12.2 Å². The molecule has 0 aromatic carbocycles. The van der Waals surface area contributed by atoms with Crippen molar-refractivity contribution in [2.24, 2.45) is 0 Å². The number of unbranched alkanes of at least 4 members (excludes halogenated alkanes) is 5. The van der Waals surface area contributed by atoms with Gasteiger partial charge in [0.2, 0.25) is 0 Å². The molecule has 0 rings (SSSR count). The lowest BCUT2D eigenvalue weighted by atomic mass is 10.0. The highest BCUT2D eigenvalue weighted by Crippen LogP contribution is 2.15. The molecule has 2 radical (unpaired) electrons. The van der Waals surface area contributed by atoms with Crippen LogP contribution in [0.15, 0.2) is 0 Å². The number of carbonyl (C=O) groups is 2. The van der Waals surface area contributed by atoms with Crippen molar-refractivity contribution in [2.75, 3.05) is 26.7 Å². The van der Waals surface area contributed by atoms with Gasteiger partial charge in [0, 0.05) is 19.5 Å². The molecular weight excluding hydrogens is 344 g/mol. The van der Waals surface area contributed by atoms with Gasteiger partial charge in [-0.25, -0.2) is 4.79 Å². The lowest BCUT2D eigenvalue weighted by Gasteiger charge is -2.19. The van der Waals surface area contributed by atoms with Gasteiger partial charge < -0.3 is 19.7 Å². The number of hydrogen-bond donors (Lipinski definition) is 1. The molecule has 0 fully saturated rings. The molecule has 0 heterocycles. The summed E-state index contributed by atoms with van der Waals surface area (Å²) in [7, 11) is 2.00. The van der Waals surface area contributed by atoms with Gasteiger partial charge in [-0.05, 0) is 46.7 Å². The number of likely N-dealkylation sites (N-methyl/N-ethyl adjacent to an activating group) is 1. The summed E-state index contributed by atoms with van der Waals surface area (Å²) in [6.45, 7) is 13.6. The molecular formula is C21H40N2O4. The number of alkyl carbamates (subject to hydrolysis) is 1. The van der Waals surface area contributed by atoms with E-state index in [1.807, 2.05) is 7.05 Å². The van der Waals surface area contributed by atoms with Crippen molar-refractivity contribution < 1.29 is 19.1 Å². The smallest absolute Gasteiger partial charge is 0.407 e. The zero-order valence-electron chi connectivity index (χ0n) is 17.6. The monoisotopic (exact) mass is 384 g/mol. The summed E-state index contributed by atoms with van der Waals surface area (Å²) >= 11 is 0. The number of nitrogens with one attached hydrogen (secondary N) is 1. The van der Waals surface area contributed by atoms with Crippen LogP contribution in [0.5, 0.6) is 0 Å². The summed E-state index contributed by atoms with van der Waals surface area (Å²) in [6, 6.07) is 0. The van der Waals surface area contributed by atoms with Crippen molar-refractivity contribution >= 4 is 12.1 Å². The molecule has 0 spiro atoms. The van der Waals surface area contributed by atoms with Gasteiger partial charge in [-0.15, -0.1) is 0 Å². The Morgan fingerprint density at radius 3 is 2.30 bits per heavy atom. The highest BCUT2D eigenvalue weighted by Gasteiger charge is 2.17. The van der Waals surface area contributed by atoms with Crippen molar-refractivity contribution in [3.05, 3.63) is 13.8 Å². The van der Waals surface area contributed by atoms with E-state index in [-0.39, 0.29) is 18.5 Å². The first-order valence-electron chi connectivity index (χ1n) is 10.4. The predicted octanol–water partition coefficient (Wildman–Crippen LogP) is 4.14. The van der Waals surface area contributed by atoms with E-state index in [9.17, 15) is 9.59 Å². The van der Waals surface area contributed by atoms with E-state index in [4.69, 9.17) is 9.47 Å². The van der Waals surface area contributed by atoms with Gasteiger partial charge in [-0.1, -0.05) is 46.0 Å². The van der Waals surface area contributed by atoms with Crippen LogP contribution in [0.3, 0.4) is 0 Å². The lowest BCUT2D eigenvalue weighted by molar-refractivity contribution is -0.146. The highest BCUT2D eigenvalue weighted by molar-refractivity contribution is 5.70. The van der Waals surface area contributed by atoms with E-state index in [0.717, 1.165) is 32.4 Å². The molecule has 27 heavy (non-hydrogen) atoms. The van der Waals surface area contributed by atoms with Gasteiger partial charge >= 0.3 is 12.1 Å². The second-order valence-corrected chi connectivity index (χ2v) is 7.06. The van der Waals surface area contributed by atoms with Crippen LogP contribution in [0, 0.1) is 13.8 Å². The molecule has 1 amide bonds. The molecule has 6 heteroatoms. The summed E-state index contributed by atoms with van der Waals surface area (Å²) in [5.41, 5.74) is 0. The van der Waals surface area contributed by atoms with Gasteiger partial charge in [-0.3, -0.25) is 4.79 Å². The second-order valence-electron chi connectivity index (χ2n) is 7.06. The second kappa shape index (κ2) is 16.8.